The summed E-state index contributed by atoms with van der Waals surface area (Å²) < 4.78 is 52.4. The summed E-state index contributed by atoms with van der Waals surface area (Å²) in [6.45, 7) is -0.429. The second-order valence-corrected chi connectivity index (χ2v) is 5.77. The maximum atomic E-state index is 12.2. The minimum absolute atomic E-state index is 0.0924. The number of ether oxygens (including phenoxy) is 3. The molecule has 0 unspecified atom stereocenters. The Kier molecular flexibility index (Phi) is 8.50. The lowest BCUT2D eigenvalue weighted by Gasteiger charge is -2.18. The highest BCUT2D eigenvalue weighted by Gasteiger charge is 2.28. The van der Waals surface area contributed by atoms with Crippen molar-refractivity contribution in [1.82, 2.24) is 10.2 Å². The first-order valence-electron chi connectivity index (χ1n) is 8.01. The second kappa shape index (κ2) is 10.1. The lowest BCUT2D eigenvalue weighted by molar-refractivity contribution is -0.143. The Hall–Kier alpha value is -2.16. The van der Waals surface area contributed by atoms with Gasteiger partial charge in [-0.2, -0.15) is 13.2 Å². The second-order valence-electron chi connectivity index (χ2n) is 5.77. The topological polar surface area (TPSA) is 60.0 Å². The number of carbonyl (C=O) groups excluding carboxylic acids is 1. The molecular formula is C17H25F3N2O4. The van der Waals surface area contributed by atoms with Crippen LogP contribution in [0.1, 0.15) is 12.0 Å². The van der Waals surface area contributed by atoms with Gasteiger partial charge in [0, 0.05) is 6.54 Å². The molecule has 0 atom stereocenters. The van der Waals surface area contributed by atoms with Gasteiger partial charge in [0.05, 0.1) is 34.3 Å². The van der Waals surface area contributed by atoms with Gasteiger partial charge in [-0.05, 0) is 37.7 Å². The van der Waals surface area contributed by atoms with Crippen molar-refractivity contribution < 1.29 is 32.2 Å². The molecule has 0 spiro atoms. The fourth-order valence-corrected chi connectivity index (χ4v) is 2.45. The van der Waals surface area contributed by atoms with E-state index in [9.17, 15) is 18.0 Å². The molecular weight excluding hydrogens is 353 g/mol. The summed E-state index contributed by atoms with van der Waals surface area (Å²) >= 11 is 0. The van der Waals surface area contributed by atoms with E-state index in [0.29, 0.717) is 35.8 Å². The van der Waals surface area contributed by atoms with Gasteiger partial charge in [-0.15, -0.1) is 0 Å². The predicted molar refractivity (Wildman–Crippen MR) is 91.0 cm³/mol. The minimum atomic E-state index is -4.22. The van der Waals surface area contributed by atoms with Crippen LogP contribution in [0.5, 0.6) is 17.2 Å². The minimum Gasteiger partial charge on any atom is -0.493 e. The number of alkyl halides is 3. The highest BCUT2D eigenvalue weighted by Crippen LogP contribution is 2.38. The van der Waals surface area contributed by atoms with Crippen LogP contribution >= 0.6 is 0 Å². The van der Waals surface area contributed by atoms with Gasteiger partial charge < -0.3 is 19.5 Å². The zero-order chi connectivity index (χ0) is 19.7. The van der Waals surface area contributed by atoms with Crippen LogP contribution in [-0.4, -0.2) is 65.0 Å². The van der Waals surface area contributed by atoms with Crippen LogP contribution in [0.15, 0.2) is 12.1 Å². The molecule has 0 bridgehead atoms. The molecule has 0 heterocycles. The summed E-state index contributed by atoms with van der Waals surface area (Å²) in [7, 11) is 5.85. The van der Waals surface area contributed by atoms with Crippen LogP contribution in [0.25, 0.3) is 0 Å². The van der Waals surface area contributed by atoms with Crippen molar-refractivity contribution in [2.24, 2.45) is 0 Å². The molecule has 0 saturated heterocycles. The summed E-state index contributed by atoms with van der Waals surface area (Å²) in [6.07, 6.45) is -3.70. The van der Waals surface area contributed by atoms with Gasteiger partial charge in [-0.25, -0.2) is 0 Å². The number of hydrogen-bond acceptors (Lipinski definition) is 5. The molecule has 6 nitrogen and oxygen atoms in total. The molecule has 0 aliphatic heterocycles. The number of nitrogens with zero attached hydrogens (tertiary/aromatic N) is 1. The quantitative estimate of drug-likeness (QED) is 0.633. The average Bonchev–Trinajstić information content (AvgIpc) is 2.56. The number of methoxy groups -OCH3 is 3. The number of benzene rings is 1. The van der Waals surface area contributed by atoms with Gasteiger partial charge in [0.15, 0.2) is 11.5 Å². The zero-order valence-electron chi connectivity index (χ0n) is 15.4. The fraction of sp³-hybridized carbons (Fsp3) is 0.588. The summed E-state index contributed by atoms with van der Waals surface area (Å²) in [6, 6.07) is 3.36. The first kappa shape index (κ1) is 21.9. The average molecular weight is 378 g/mol. The lowest BCUT2D eigenvalue weighted by atomic mass is 10.1. The van der Waals surface area contributed by atoms with Gasteiger partial charge >= 0.3 is 6.18 Å². The van der Waals surface area contributed by atoms with Gasteiger partial charge in [0.2, 0.25) is 11.7 Å². The van der Waals surface area contributed by atoms with E-state index >= 15 is 0 Å². The summed E-state index contributed by atoms with van der Waals surface area (Å²) in [5, 5.41) is 2.69. The van der Waals surface area contributed by atoms with Gasteiger partial charge in [0.25, 0.3) is 0 Å². The molecule has 26 heavy (non-hydrogen) atoms. The van der Waals surface area contributed by atoms with Crippen LogP contribution in [0.3, 0.4) is 0 Å². The van der Waals surface area contributed by atoms with Crippen molar-refractivity contribution in [2.45, 2.75) is 19.0 Å². The Labute approximate surface area is 151 Å². The van der Waals surface area contributed by atoms with Crippen LogP contribution in [-0.2, 0) is 11.2 Å². The van der Waals surface area contributed by atoms with E-state index in [1.807, 2.05) is 0 Å². The van der Waals surface area contributed by atoms with E-state index in [1.54, 1.807) is 12.1 Å². The third-order valence-corrected chi connectivity index (χ3v) is 3.58. The molecule has 1 amide bonds. The van der Waals surface area contributed by atoms with E-state index in [0.717, 1.165) is 0 Å². The standard InChI is InChI=1S/C17H25F3N2O4/c1-22(11-17(18,19)20)7-5-6-21-15(23)10-12-8-13(24-2)16(26-4)14(9-12)25-3/h8-9H,5-7,10-11H2,1-4H3,(H,21,23). The van der Waals surface area contributed by atoms with Crippen LogP contribution in [0.2, 0.25) is 0 Å². The molecule has 0 saturated carbocycles. The van der Waals surface area contributed by atoms with Gasteiger partial charge in [0.1, 0.15) is 0 Å². The SMILES string of the molecule is COc1cc(CC(=O)NCCCN(C)CC(F)(F)F)cc(OC)c1OC. The maximum absolute atomic E-state index is 12.2. The molecule has 0 radical (unpaired) electrons. The predicted octanol–water partition coefficient (Wildman–Crippen LogP) is 2.26. The van der Waals surface area contributed by atoms with Crippen molar-refractivity contribution in [3.8, 4) is 17.2 Å². The lowest BCUT2D eigenvalue weighted by Crippen LogP contribution is -2.34. The van der Waals surface area contributed by atoms with E-state index in [2.05, 4.69) is 5.32 Å². The monoisotopic (exact) mass is 378 g/mol. The first-order chi connectivity index (χ1) is 12.2. The fourth-order valence-electron chi connectivity index (χ4n) is 2.45. The van der Waals surface area contributed by atoms with E-state index in [4.69, 9.17) is 14.2 Å². The Morgan fingerprint density at radius 2 is 1.69 bits per heavy atom. The molecule has 9 heteroatoms. The van der Waals surface area contributed by atoms with Gasteiger partial charge in [-0.3, -0.25) is 9.69 Å². The Morgan fingerprint density at radius 1 is 1.12 bits per heavy atom. The Bertz CT molecular complexity index is 569. The van der Waals surface area contributed by atoms with Crippen molar-refractivity contribution >= 4 is 5.91 Å². The largest absolute Gasteiger partial charge is 0.493 e. The molecule has 0 aliphatic carbocycles. The summed E-state index contributed by atoms with van der Waals surface area (Å²) in [5.41, 5.74) is 0.672. The highest BCUT2D eigenvalue weighted by atomic mass is 19.4. The molecule has 0 aromatic heterocycles. The third-order valence-electron chi connectivity index (χ3n) is 3.58. The molecule has 1 rings (SSSR count). The number of nitrogens with one attached hydrogen (secondary N) is 1. The molecule has 0 aliphatic rings. The van der Waals surface area contributed by atoms with Gasteiger partial charge in [-0.1, -0.05) is 0 Å². The van der Waals surface area contributed by atoms with E-state index in [1.165, 1.54) is 33.3 Å². The summed E-state index contributed by atoms with van der Waals surface area (Å²) in [4.78, 5) is 13.2. The first-order valence-corrected chi connectivity index (χ1v) is 8.01. The third kappa shape index (κ3) is 7.38. The molecule has 1 aromatic carbocycles. The van der Waals surface area contributed by atoms with E-state index in [-0.39, 0.29) is 18.9 Å². The van der Waals surface area contributed by atoms with E-state index < -0.39 is 12.7 Å². The van der Waals surface area contributed by atoms with Crippen molar-refractivity contribution in [1.29, 1.82) is 0 Å². The number of hydrogen-bond donors (Lipinski definition) is 1. The molecule has 0 fully saturated rings. The maximum Gasteiger partial charge on any atom is 0.401 e. The van der Waals surface area contributed by atoms with Crippen molar-refractivity contribution in [3.63, 3.8) is 0 Å². The molecule has 1 aromatic rings. The number of halogens is 3. The molecule has 1 N–H and O–H groups in total. The number of rotatable bonds is 10. The Morgan fingerprint density at radius 3 is 2.15 bits per heavy atom. The normalized spacial score (nSPS) is 11.4. The van der Waals surface area contributed by atoms with Crippen molar-refractivity contribution in [2.75, 3.05) is 48.0 Å². The van der Waals surface area contributed by atoms with Crippen LogP contribution in [0.4, 0.5) is 13.2 Å². The number of carbonyl (C=O) groups is 1. The van der Waals surface area contributed by atoms with Crippen molar-refractivity contribution in [3.05, 3.63) is 17.7 Å². The molecule has 148 valence electrons. The number of amides is 1. The highest BCUT2D eigenvalue weighted by molar-refractivity contribution is 5.79. The Balaban J connectivity index is 2.51. The zero-order valence-corrected chi connectivity index (χ0v) is 15.4. The van der Waals surface area contributed by atoms with Crippen LogP contribution in [0, 0.1) is 0 Å². The van der Waals surface area contributed by atoms with Crippen LogP contribution < -0.4 is 19.5 Å². The summed E-state index contributed by atoms with van der Waals surface area (Å²) in [5.74, 6) is 1.09. The smallest absolute Gasteiger partial charge is 0.401 e.